The number of ether oxygens (including phenoxy) is 1. The van der Waals surface area contributed by atoms with E-state index in [0.29, 0.717) is 16.9 Å². The highest BCUT2D eigenvalue weighted by Crippen LogP contribution is 2.21. The lowest BCUT2D eigenvalue weighted by Crippen LogP contribution is -2.11. The van der Waals surface area contributed by atoms with E-state index in [2.05, 4.69) is 0 Å². The molecule has 0 bridgehead atoms. The predicted octanol–water partition coefficient (Wildman–Crippen LogP) is 1.23. The fourth-order valence-electron chi connectivity index (χ4n) is 1.47. The molecule has 0 radical (unpaired) electrons. The van der Waals surface area contributed by atoms with E-state index in [-0.39, 0.29) is 11.5 Å². The van der Waals surface area contributed by atoms with E-state index in [1.807, 2.05) is 0 Å². The molecule has 1 aromatic rings. The molecule has 5 nitrogen and oxygen atoms in total. The van der Waals surface area contributed by atoms with Gasteiger partial charge in [0.25, 0.3) is 0 Å². The smallest absolute Gasteiger partial charge is 0.316 e. The van der Waals surface area contributed by atoms with Crippen molar-refractivity contribution in [3.63, 3.8) is 0 Å². The third-order valence-corrected chi connectivity index (χ3v) is 3.49. The van der Waals surface area contributed by atoms with Crippen molar-refractivity contribution in [2.75, 3.05) is 12.9 Å². The first kappa shape index (κ1) is 14.4. The monoisotopic (exact) mass is 270 g/mol. The molecule has 18 heavy (non-hydrogen) atoms. The van der Waals surface area contributed by atoms with E-state index < -0.39 is 22.5 Å². The molecule has 1 rings (SSSR count). The Balaban J connectivity index is 2.97. The molecule has 0 aromatic heterocycles. The Kier molecular flexibility index (Phi) is 5.03. The first-order valence-electron chi connectivity index (χ1n) is 5.18. The number of Topliss-reactive ketones (excluding diaryl/α,β-unsaturated/α-hetero) is 1. The number of methoxy groups -OCH3 is 1. The van der Waals surface area contributed by atoms with Gasteiger partial charge >= 0.3 is 5.97 Å². The van der Waals surface area contributed by atoms with Crippen molar-refractivity contribution in [1.29, 1.82) is 0 Å². The number of carboxylic acid groups (broad SMARTS) is 1. The zero-order chi connectivity index (χ0) is 13.7. The number of rotatable bonds is 6. The normalized spacial score (nSPS) is 11.9. The van der Waals surface area contributed by atoms with Crippen LogP contribution in [-0.2, 0) is 21.3 Å². The van der Waals surface area contributed by atoms with Crippen molar-refractivity contribution < 1.29 is 23.6 Å². The quantitative estimate of drug-likeness (QED) is 0.786. The van der Waals surface area contributed by atoms with E-state index in [1.165, 1.54) is 14.0 Å². The van der Waals surface area contributed by atoms with E-state index in [4.69, 9.17) is 9.84 Å². The van der Waals surface area contributed by atoms with Gasteiger partial charge in [-0.05, 0) is 25.1 Å². The van der Waals surface area contributed by atoms with Crippen molar-refractivity contribution in [2.24, 2.45) is 0 Å². The lowest BCUT2D eigenvalue weighted by Gasteiger charge is -2.09. The van der Waals surface area contributed by atoms with Crippen LogP contribution in [0.3, 0.4) is 0 Å². The summed E-state index contributed by atoms with van der Waals surface area (Å²) in [7, 11) is -0.0607. The highest BCUT2D eigenvalue weighted by molar-refractivity contribution is 7.84. The maximum Gasteiger partial charge on any atom is 0.316 e. The highest BCUT2D eigenvalue weighted by atomic mass is 32.2. The lowest BCUT2D eigenvalue weighted by molar-refractivity contribution is -0.133. The summed E-state index contributed by atoms with van der Waals surface area (Å²) >= 11 is 0. The standard InChI is InChI=1S/C12H14O5S/c1-8(13)9-3-4-11(17-2)10(5-9)6-18(16)7-12(14)15/h3-5H,6-7H2,1-2H3,(H,14,15)/t18-/m1/s1. The Hall–Kier alpha value is -1.69. The molecule has 0 aliphatic heterocycles. The van der Waals surface area contributed by atoms with Crippen LogP contribution in [0.4, 0.5) is 0 Å². The summed E-state index contributed by atoms with van der Waals surface area (Å²) in [6.07, 6.45) is 0. The Bertz CT molecular complexity index is 495. The molecule has 1 aromatic carbocycles. The van der Waals surface area contributed by atoms with Crippen LogP contribution >= 0.6 is 0 Å². The molecule has 0 saturated heterocycles. The number of carbonyl (C=O) groups excluding carboxylic acids is 1. The summed E-state index contributed by atoms with van der Waals surface area (Å²) < 4.78 is 16.7. The van der Waals surface area contributed by atoms with Crippen LogP contribution in [0.15, 0.2) is 18.2 Å². The molecular formula is C12H14O5S. The minimum Gasteiger partial charge on any atom is -0.496 e. The number of benzene rings is 1. The summed E-state index contributed by atoms with van der Waals surface area (Å²) in [6, 6.07) is 4.82. The molecule has 1 N–H and O–H groups in total. The van der Waals surface area contributed by atoms with Crippen LogP contribution in [0.1, 0.15) is 22.8 Å². The third-order valence-electron chi connectivity index (χ3n) is 2.29. The van der Waals surface area contributed by atoms with Crippen molar-refractivity contribution in [2.45, 2.75) is 12.7 Å². The number of hydrogen-bond acceptors (Lipinski definition) is 4. The molecule has 1 atom stereocenters. The van der Waals surface area contributed by atoms with Gasteiger partial charge in [-0.2, -0.15) is 0 Å². The van der Waals surface area contributed by atoms with Crippen molar-refractivity contribution >= 4 is 22.6 Å². The van der Waals surface area contributed by atoms with E-state index in [1.54, 1.807) is 18.2 Å². The van der Waals surface area contributed by atoms with Gasteiger partial charge in [-0.25, -0.2) is 0 Å². The van der Waals surface area contributed by atoms with Gasteiger partial charge in [0.15, 0.2) is 5.78 Å². The number of carboxylic acids is 1. The molecule has 98 valence electrons. The van der Waals surface area contributed by atoms with Gasteiger partial charge < -0.3 is 9.84 Å². The van der Waals surface area contributed by atoms with Crippen molar-refractivity contribution in [1.82, 2.24) is 0 Å². The maximum atomic E-state index is 11.6. The SMILES string of the molecule is COc1ccc(C(C)=O)cc1C[S@@](=O)CC(=O)O. The van der Waals surface area contributed by atoms with Crippen LogP contribution in [-0.4, -0.2) is 33.9 Å². The van der Waals surface area contributed by atoms with Gasteiger partial charge in [-0.15, -0.1) is 0 Å². The van der Waals surface area contributed by atoms with Gasteiger partial charge in [0.2, 0.25) is 0 Å². The van der Waals surface area contributed by atoms with Crippen molar-refractivity contribution in [3.05, 3.63) is 29.3 Å². The average Bonchev–Trinajstić information content (AvgIpc) is 2.27. The van der Waals surface area contributed by atoms with Crippen LogP contribution < -0.4 is 4.74 Å². The zero-order valence-electron chi connectivity index (χ0n) is 10.1. The van der Waals surface area contributed by atoms with Gasteiger partial charge in [-0.1, -0.05) is 0 Å². The first-order chi connectivity index (χ1) is 8.43. The fraction of sp³-hybridized carbons (Fsp3) is 0.333. The summed E-state index contributed by atoms with van der Waals surface area (Å²) in [6.45, 7) is 1.43. The summed E-state index contributed by atoms with van der Waals surface area (Å²) in [5.41, 5.74) is 1.06. The molecule has 0 amide bonds. The van der Waals surface area contributed by atoms with Crippen LogP contribution in [0, 0.1) is 0 Å². The van der Waals surface area contributed by atoms with Gasteiger partial charge in [-0.3, -0.25) is 13.8 Å². The zero-order valence-corrected chi connectivity index (χ0v) is 11.0. The lowest BCUT2D eigenvalue weighted by atomic mass is 10.1. The molecular weight excluding hydrogens is 256 g/mol. The minimum atomic E-state index is -1.53. The maximum absolute atomic E-state index is 11.6. The van der Waals surface area contributed by atoms with Crippen LogP contribution in [0.2, 0.25) is 0 Å². The number of ketones is 1. The molecule has 0 saturated carbocycles. The second kappa shape index (κ2) is 6.30. The molecule has 0 heterocycles. The molecule has 0 spiro atoms. The van der Waals surface area contributed by atoms with E-state index in [9.17, 15) is 13.8 Å². The van der Waals surface area contributed by atoms with Crippen LogP contribution in [0.25, 0.3) is 0 Å². The second-order valence-corrected chi connectivity index (χ2v) is 5.16. The fourth-order valence-corrected chi connectivity index (χ4v) is 2.42. The first-order valence-corrected chi connectivity index (χ1v) is 6.67. The molecule has 0 unspecified atom stereocenters. The van der Waals surface area contributed by atoms with Crippen LogP contribution in [0.5, 0.6) is 5.75 Å². The Labute approximate surface area is 107 Å². The molecule has 0 aliphatic rings. The molecule has 0 fully saturated rings. The Morgan fingerprint density at radius 1 is 1.39 bits per heavy atom. The summed E-state index contributed by atoms with van der Waals surface area (Å²) in [5, 5.41) is 8.55. The topological polar surface area (TPSA) is 80.7 Å². The second-order valence-electron chi connectivity index (χ2n) is 3.71. The Morgan fingerprint density at radius 3 is 2.56 bits per heavy atom. The average molecular weight is 270 g/mol. The van der Waals surface area contributed by atoms with E-state index >= 15 is 0 Å². The Morgan fingerprint density at radius 2 is 2.06 bits per heavy atom. The van der Waals surface area contributed by atoms with Gasteiger partial charge in [0, 0.05) is 21.9 Å². The van der Waals surface area contributed by atoms with Gasteiger partial charge in [0.05, 0.1) is 12.9 Å². The largest absolute Gasteiger partial charge is 0.496 e. The number of aliphatic carboxylic acids is 1. The summed E-state index contributed by atoms with van der Waals surface area (Å²) in [4.78, 5) is 21.7. The minimum absolute atomic E-state index is 0.0522. The summed E-state index contributed by atoms with van der Waals surface area (Å²) in [5.74, 6) is -1.10. The van der Waals surface area contributed by atoms with E-state index in [0.717, 1.165) is 0 Å². The molecule has 6 heteroatoms. The number of hydrogen-bond donors (Lipinski definition) is 1. The molecule has 0 aliphatic carbocycles. The third kappa shape index (κ3) is 3.96. The van der Waals surface area contributed by atoms with Crippen molar-refractivity contribution in [3.8, 4) is 5.75 Å². The highest BCUT2D eigenvalue weighted by Gasteiger charge is 2.12. The van der Waals surface area contributed by atoms with Gasteiger partial charge in [0.1, 0.15) is 11.5 Å². The number of carbonyl (C=O) groups is 2. The predicted molar refractivity (Wildman–Crippen MR) is 67.3 cm³/mol.